The van der Waals surface area contributed by atoms with E-state index >= 15 is 0 Å². The van der Waals surface area contributed by atoms with Gasteiger partial charge in [0.15, 0.2) is 0 Å². The van der Waals surface area contributed by atoms with Gasteiger partial charge in [-0.25, -0.2) is 0 Å². The van der Waals surface area contributed by atoms with Gasteiger partial charge in [0.25, 0.3) is 0 Å². The van der Waals surface area contributed by atoms with Crippen LogP contribution in [0.25, 0.3) is 0 Å². The maximum Gasteiger partial charge on any atom is 0.309 e. The second-order valence-electron chi connectivity index (χ2n) is 8.34. The number of carbonyl (C=O) groups excluding carboxylic acids is 1. The fourth-order valence-electron chi connectivity index (χ4n) is 3.51. The second-order valence-corrected chi connectivity index (χ2v) is 8.34. The molecule has 0 radical (unpaired) electrons. The lowest BCUT2D eigenvalue weighted by molar-refractivity contribution is -0.142. The molecule has 0 fully saturated rings. The molecule has 0 N–H and O–H groups in total. The van der Waals surface area contributed by atoms with Crippen molar-refractivity contribution in [3.63, 3.8) is 0 Å². The molecule has 0 amide bonds. The zero-order valence-corrected chi connectivity index (χ0v) is 19.3. The van der Waals surface area contributed by atoms with Crippen LogP contribution in [0, 0.1) is 0 Å². The molecule has 0 aliphatic heterocycles. The third-order valence-electron chi connectivity index (χ3n) is 5.44. The Bertz CT molecular complexity index is 335. The highest BCUT2D eigenvalue weighted by Gasteiger charge is 1.99. The Morgan fingerprint density at radius 2 is 1.00 bits per heavy atom. The van der Waals surface area contributed by atoms with E-state index in [0.717, 1.165) is 12.8 Å². The van der Waals surface area contributed by atoms with E-state index in [1.165, 1.54) is 109 Å². The molecule has 0 aromatic carbocycles. The summed E-state index contributed by atoms with van der Waals surface area (Å²) in [5, 5.41) is 0. The fourth-order valence-corrected chi connectivity index (χ4v) is 3.51. The maximum atomic E-state index is 11.6. The lowest BCUT2D eigenvalue weighted by Crippen LogP contribution is -2.04. The third-order valence-corrected chi connectivity index (χ3v) is 5.44. The van der Waals surface area contributed by atoms with Crippen LogP contribution in [0.4, 0.5) is 0 Å². The summed E-state index contributed by atoms with van der Waals surface area (Å²) in [7, 11) is 0. The highest BCUT2D eigenvalue weighted by atomic mass is 16.5. The summed E-state index contributed by atoms with van der Waals surface area (Å²) in [4.78, 5) is 11.6. The number of hydrogen-bond donors (Lipinski definition) is 0. The number of ether oxygens (including phenoxy) is 1. The Labute approximate surface area is 176 Å². The first-order chi connectivity index (χ1) is 13.8. The van der Waals surface area contributed by atoms with E-state index in [4.69, 9.17) is 4.74 Å². The SMILES string of the molecule is CCCC/C=C/CC(=O)OCCCCCCCCCCCCCCCCCC. The highest BCUT2D eigenvalue weighted by Crippen LogP contribution is 2.13. The van der Waals surface area contributed by atoms with E-state index in [2.05, 4.69) is 19.9 Å². The molecular formula is C26H50O2. The fraction of sp³-hybridized carbons (Fsp3) is 0.885. The highest BCUT2D eigenvalue weighted by molar-refractivity contribution is 5.71. The minimum Gasteiger partial charge on any atom is -0.465 e. The van der Waals surface area contributed by atoms with Crippen molar-refractivity contribution in [1.29, 1.82) is 0 Å². The number of hydrogen-bond acceptors (Lipinski definition) is 2. The van der Waals surface area contributed by atoms with E-state index in [9.17, 15) is 4.79 Å². The van der Waals surface area contributed by atoms with Gasteiger partial charge in [0, 0.05) is 0 Å². The summed E-state index contributed by atoms with van der Waals surface area (Å²) in [6.45, 7) is 5.06. The van der Waals surface area contributed by atoms with Crippen LogP contribution >= 0.6 is 0 Å². The molecule has 0 aliphatic rings. The number of rotatable bonds is 22. The normalized spacial score (nSPS) is 11.4. The van der Waals surface area contributed by atoms with Gasteiger partial charge in [-0.15, -0.1) is 0 Å². The van der Waals surface area contributed by atoms with Gasteiger partial charge in [-0.1, -0.05) is 135 Å². The van der Waals surface area contributed by atoms with Gasteiger partial charge in [0.2, 0.25) is 0 Å². The van der Waals surface area contributed by atoms with Gasteiger partial charge >= 0.3 is 5.97 Å². The molecule has 0 saturated heterocycles. The predicted octanol–water partition coefficient (Wildman–Crippen LogP) is 8.93. The van der Waals surface area contributed by atoms with Gasteiger partial charge < -0.3 is 4.74 Å². The molecule has 0 aromatic rings. The molecule has 166 valence electrons. The first-order valence-electron chi connectivity index (χ1n) is 12.6. The average Bonchev–Trinajstić information content (AvgIpc) is 2.70. The van der Waals surface area contributed by atoms with E-state index in [1.807, 2.05) is 6.08 Å². The molecule has 0 spiro atoms. The Kier molecular flexibility index (Phi) is 23.6. The van der Waals surface area contributed by atoms with Crippen molar-refractivity contribution in [3.05, 3.63) is 12.2 Å². The van der Waals surface area contributed by atoms with E-state index < -0.39 is 0 Å². The smallest absolute Gasteiger partial charge is 0.309 e. The van der Waals surface area contributed by atoms with Crippen LogP contribution in [0.15, 0.2) is 12.2 Å². The molecule has 0 aromatic heterocycles. The lowest BCUT2D eigenvalue weighted by Gasteiger charge is -2.04. The van der Waals surface area contributed by atoms with Crippen molar-refractivity contribution in [2.75, 3.05) is 6.61 Å². The molecule has 0 aliphatic carbocycles. The van der Waals surface area contributed by atoms with Crippen LogP contribution in [0.1, 0.15) is 142 Å². The van der Waals surface area contributed by atoms with E-state index in [1.54, 1.807) is 0 Å². The topological polar surface area (TPSA) is 26.3 Å². The first-order valence-corrected chi connectivity index (χ1v) is 12.6. The molecule has 2 nitrogen and oxygen atoms in total. The van der Waals surface area contributed by atoms with Gasteiger partial charge in [-0.05, 0) is 12.8 Å². The van der Waals surface area contributed by atoms with Crippen LogP contribution in [0.3, 0.4) is 0 Å². The first kappa shape index (κ1) is 27.2. The summed E-state index contributed by atoms with van der Waals surface area (Å²) in [5.41, 5.74) is 0. The molecule has 0 unspecified atom stereocenters. The van der Waals surface area contributed by atoms with Crippen LogP contribution in [0.5, 0.6) is 0 Å². The molecule has 28 heavy (non-hydrogen) atoms. The number of carbonyl (C=O) groups is 1. The van der Waals surface area contributed by atoms with Crippen LogP contribution < -0.4 is 0 Å². The minimum atomic E-state index is -0.0753. The predicted molar refractivity (Wildman–Crippen MR) is 124 cm³/mol. The maximum absolute atomic E-state index is 11.6. The molecular weight excluding hydrogens is 344 g/mol. The molecule has 0 heterocycles. The van der Waals surface area contributed by atoms with Crippen molar-refractivity contribution in [2.45, 2.75) is 142 Å². The summed E-state index contributed by atoms with van der Waals surface area (Å²) in [6.07, 6.45) is 29.8. The van der Waals surface area contributed by atoms with Gasteiger partial charge in [-0.2, -0.15) is 0 Å². The molecule has 0 rings (SSSR count). The number of allylic oxidation sites excluding steroid dienone is 1. The Morgan fingerprint density at radius 1 is 0.571 bits per heavy atom. The van der Waals surface area contributed by atoms with Gasteiger partial charge in [0.1, 0.15) is 0 Å². The van der Waals surface area contributed by atoms with Gasteiger partial charge in [-0.3, -0.25) is 4.79 Å². The number of esters is 1. The van der Waals surface area contributed by atoms with E-state index in [0.29, 0.717) is 13.0 Å². The minimum absolute atomic E-state index is 0.0753. The molecule has 2 heteroatoms. The van der Waals surface area contributed by atoms with Gasteiger partial charge in [0.05, 0.1) is 13.0 Å². The Balaban J connectivity index is 3.13. The van der Waals surface area contributed by atoms with Crippen LogP contribution in [-0.4, -0.2) is 12.6 Å². The summed E-state index contributed by atoms with van der Waals surface area (Å²) in [6, 6.07) is 0. The lowest BCUT2D eigenvalue weighted by atomic mass is 10.0. The molecule has 0 atom stereocenters. The van der Waals surface area contributed by atoms with Crippen molar-refractivity contribution in [1.82, 2.24) is 0 Å². The summed E-state index contributed by atoms with van der Waals surface area (Å²) in [5.74, 6) is -0.0753. The Hall–Kier alpha value is -0.790. The van der Waals surface area contributed by atoms with Crippen molar-refractivity contribution >= 4 is 5.97 Å². The van der Waals surface area contributed by atoms with Crippen molar-refractivity contribution < 1.29 is 9.53 Å². The zero-order valence-electron chi connectivity index (χ0n) is 19.3. The van der Waals surface area contributed by atoms with Crippen molar-refractivity contribution in [2.24, 2.45) is 0 Å². The monoisotopic (exact) mass is 394 g/mol. The third kappa shape index (κ3) is 23.2. The van der Waals surface area contributed by atoms with Crippen LogP contribution in [-0.2, 0) is 9.53 Å². The summed E-state index contributed by atoms with van der Waals surface area (Å²) < 4.78 is 5.28. The quantitative estimate of drug-likeness (QED) is 0.104. The molecule has 0 bridgehead atoms. The summed E-state index contributed by atoms with van der Waals surface area (Å²) >= 11 is 0. The second kappa shape index (κ2) is 24.2. The Morgan fingerprint density at radius 3 is 1.46 bits per heavy atom. The number of unbranched alkanes of at least 4 members (excludes halogenated alkanes) is 17. The zero-order chi connectivity index (χ0) is 20.5. The van der Waals surface area contributed by atoms with Crippen molar-refractivity contribution in [3.8, 4) is 0 Å². The van der Waals surface area contributed by atoms with E-state index in [-0.39, 0.29) is 5.97 Å². The van der Waals surface area contributed by atoms with Crippen LogP contribution in [0.2, 0.25) is 0 Å². The largest absolute Gasteiger partial charge is 0.465 e. The average molecular weight is 395 g/mol. The standard InChI is InChI=1S/C26H50O2/c1-3-5-7-9-10-11-12-13-14-15-16-17-18-19-21-23-25-28-26(27)24-22-20-8-6-4-2/h20,22H,3-19,21,23-25H2,1-2H3/b22-20+. The molecule has 0 saturated carbocycles.